The molecule has 0 saturated heterocycles. The molecule has 1 aromatic rings. The lowest BCUT2D eigenvalue weighted by molar-refractivity contribution is 0.798. The Balaban J connectivity index is 2.61. The van der Waals surface area contributed by atoms with E-state index in [4.69, 9.17) is 11.6 Å². The van der Waals surface area contributed by atoms with Crippen LogP contribution >= 0.6 is 0 Å². The van der Waals surface area contributed by atoms with Crippen LogP contribution in [0.25, 0.3) is 0 Å². The lowest BCUT2D eigenvalue weighted by Crippen LogP contribution is -2.45. The van der Waals surface area contributed by atoms with E-state index in [1.54, 1.807) is 7.05 Å². The maximum atomic E-state index is 5.90. The van der Waals surface area contributed by atoms with Crippen LogP contribution in [-0.4, -0.2) is 18.9 Å². The minimum atomic E-state index is -0.174. The molecule has 4 nitrogen and oxygen atoms in total. The zero-order valence-corrected chi connectivity index (χ0v) is 8.27. The highest BCUT2D eigenvalue weighted by Crippen LogP contribution is 2.01. The Morgan fingerprint density at radius 1 is 1.43 bits per heavy atom. The van der Waals surface area contributed by atoms with Gasteiger partial charge in [0.1, 0.15) is 5.84 Å². The van der Waals surface area contributed by atoms with Crippen molar-refractivity contribution < 1.29 is 0 Å². The molecule has 0 radical (unpaired) electrons. The number of hydrogen-bond acceptors (Lipinski definition) is 3. The van der Waals surface area contributed by atoms with Gasteiger partial charge in [0.2, 0.25) is 0 Å². The molecule has 1 aromatic carbocycles. The first-order valence-corrected chi connectivity index (χ1v) is 4.50. The smallest absolute Gasteiger partial charge is 0.128 e. The van der Waals surface area contributed by atoms with Crippen LogP contribution in [-0.2, 0) is 6.42 Å². The van der Waals surface area contributed by atoms with Gasteiger partial charge in [-0.15, -0.1) is 0 Å². The van der Waals surface area contributed by atoms with Crippen LogP contribution in [0.1, 0.15) is 5.56 Å². The van der Waals surface area contributed by atoms with Gasteiger partial charge in [0.05, 0.1) is 6.04 Å². The Morgan fingerprint density at radius 3 is 2.57 bits per heavy atom. The van der Waals surface area contributed by atoms with Crippen molar-refractivity contribution in [2.45, 2.75) is 12.5 Å². The molecule has 4 heteroatoms. The second kappa shape index (κ2) is 5.36. The number of hydrogen-bond donors (Lipinski definition) is 3. The first kappa shape index (κ1) is 10.7. The number of amidine groups is 1. The third kappa shape index (κ3) is 2.83. The maximum absolute atomic E-state index is 5.90. The van der Waals surface area contributed by atoms with Crippen molar-refractivity contribution in [3.8, 4) is 0 Å². The summed E-state index contributed by atoms with van der Waals surface area (Å²) < 4.78 is 0. The van der Waals surface area contributed by atoms with Gasteiger partial charge in [-0.2, -0.15) is 0 Å². The van der Waals surface area contributed by atoms with E-state index in [0.29, 0.717) is 5.84 Å². The molecule has 14 heavy (non-hydrogen) atoms. The van der Waals surface area contributed by atoms with Gasteiger partial charge in [-0.25, -0.2) is 5.84 Å². The third-order valence-electron chi connectivity index (χ3n) is 2.04. The second-order valence-electron chi connectivity index (χ2n) is 3.05. The molecule has 1 atom stereocenters. The molecule has 0 saturated carbocycles. The fourth-order valence-corrected chi connectivity index (χ4v) is 1.30. The summed E-state index contributed by atoms with van der Waals surface area (Å²) in [4.78, 5) is 3.96. The molecular formula is C10H16N4. The predicted octanol–water partition coefficient (Wildman–Crippen LogP) is 0.0480. The van der Waals surface area contributed by atoms with Crippen LogP contribution in [0.15, 0.2) is 35.3 Å². The Labute approximate surface area is 84.0 Å². The fraction of sp³-hybridized carbons (Fsp3) is 0.300. The van der Waals surface area contributed by atoms with E-state index in [2.05, 4.69) is 10.4 Å². The molecular weight excluding hydrogens is 176 g/mol. The van der Waals surface area contributed by atoms with Crippen molar-refractivity contribution in [1.29, 1.82) is 0 Å². The largest absolute Gasteiger partial charge is 0.321 e. The summed E-state index contributed by atoms with van der Waals surface area (Å²) >= 11 is 0. The van der Waals surface area contributed by atoms with E-state index in [1.807, 2.05) is 30.3 Å². The van der Waals surface area contributed by atoms with Gasteiger partial charge in [0, 0.05) is 7.05 Å². The average Bonchev–Trinajstić information content (AvgIpc) is 2.21. The average molecular weight is 192 g/mol. The number of hydrazine groups is 1. The van der Waals surface area contributed by atoms with Gasteiger partial charge in [-0.1, -0.05) is 30.3 Å². The van der Waals surface area contributed by atoms with Gasteiger partial charge >= 0.3 is 0 Å². The molecule has 0 bridgehead atoms. The fourth-order valence-electron chi connectivity index (χ4n) is 1.30. The van der Waals surface area contributed by atoms with E-state index < -0.39 is 0 Å². The van der Waals surface area contributed by atoms with Gasteiger partial charge in [-0.3, -0.25) is 4.99 Å². The van der Waals surface area contributed by atoms with E-state index in [9.17, 15) is 0 Å². The van der Waals surface area contributed by atoms with E-state index in [1.165, 1.54) is 5.56 Å². The van der Waals surface area contributed by atoms with Crippen LogP contribution in [0.2, 0.25) is 0 Å². The van der Waals surface area contributed by atoms with Crippen molar-refractivity contribution in [3.05, 3.63) is 35.9 Å². The zero-order valence-electron chi connectivity index (χ0n) is 8.27. The lowest BCUT2D eigenvalue weighted by Gasteiger charge is -2.13. The third-order valence-corrected chi connectivity index (χ3v) is 2.04. The van der Waals surface area contributed by atoms with Crippen molar-refractivity contribution >= 4 is 5.84 Å². The Morgan fingerprint density at radius 2 is 2.07 bits per heavy atom. The number of aliphatic imine (C=N–C) groups is 1. The van der Waals surface area contributed by atoms with Crippen LogP contribution in [0.5, 0.6) is 0 Å². The van der Waals surface area contributed by atoms with Crippen LogP contribution < -0.4 is 17.0 Å². The monoisotopic (exact) mass is 192 g/mol. The summed E-state index contributed by atoms with van der Waals surface area (Å²) in [6.07, 6.45) is 0.734. The number of nitrogens with one attached hydrogen (secondary N) is 1. The van der Waals surface area contributed by atoms with Crippen LogP contribution in [0.4, 0.5) is 0 Å². The number of rotatable bonds is 3. The topological polar surface area (TPSA) is 76.4 Å². The maximum Gasteiger partial charge on any atom is 0.128 e. The number of nitrogens with zero attached hydrogens (tertiary/aromatic N) is 1. The first-order chi connectivity index (χ1) is 6.77. The highest BCUT2D eigenvalue weighted by atomic mass is 15.3. The normalized spacial score (nSPS) is 13.8. The summed E-state index contributed by atoms with van der Waals surface area (Å²) in [5, 5.41) is 0. The number of nitrogens with two attached hydrogens (primary N) is 2. The summed E-state index contributed by atoms with van der Waals surface area (Å²) in [6, 6.07) is 9.84. The summed E-state index contributed by atoms with van der Waals surface area (Å²) in [5.41, 5.74) is 9.57. The second-order valence-corrected chi connectivity index (χ2v) is 3.05. The molecule has 0 aliphatic heterocycles. The Hall–Kier alpha value is -1.39. The predicted molar refractivity (Wildman–Crippen MR) is 58.8 cm³/mol. The van der Waals surface area contributed by atoms with Gasteiger partial charge in [0.25, 0.3) is 0 Å². The quantitative estimate of drug-likeness (QED) is 0.274. The Bertz CT molecular complexity index is 294. The van der Waals surface area contributed by atoms with Crippen molar-refractivity contribution in [3.63, 3.8) is 0 Å². The highest BCUT2D eigenvalue weighted by Gasteiger charge is 2.09. The molecule has 0 aliphatic carbocycles. The summed E-state index contributed by atoms with van der Waals surface area (Å²) in [5.74, 6) is 5.90. The minimum Gasteiger partial charge on any atom is -0.321 e. The Kier molecular flexibility index (Phi) is 4.10. The molecule has 0 heterocycles. The lowest BCUT2D eigenvalue weighted by atomic mass is 10.1. The van der Waals surface area contributed by atoms with Crippen molar-refractivity contribution in [2.75, 3.05) is 7.05 Å². The molecule has 76 valence electrons. The van der Waals surface area contributed by atoms with Crippen molar-refractivity contribution in [2.24, 2.45) is 16.6 Å². The van der Waals surface area contributed by atoms with Crippen LogP contribution in [0.3, 0.4) is 0 Å². The van der Waals surface area contributed by atoms with Gasteiger partial charge < -0.3 is 11.2 Å². The van der Waals surface area contributed by atoms with E-state index in [0.717, 1.165) is 6.42 Å². The summed E-state index contributed by atoms with van der Waals surface area (Å²) in [7, 11) is 1.67. The molecule has 0 spiro atoms. The van der Waals surface area contributed by atoms with Crippen LogP contribution in [0, 0.1) is 0 Å². The standard InChI is InChI=1S/C10H16N4/c1-13-10(14-12)9(11)7-8-5-3-2-4-6-8/h2-6,9H,7,11-12H2,1H3,(H,13,14). The molecule has 1 rings (SSSR count). The van der Waals surface area contributed by atoms with E-state index >= 15 is 0 Å². The zero-order chi connectivity index (χ0) is 10.4. The summed E-state index contributed by atoms with van der Waals surface area (Å²) in [6.45, 7) is 0. The molecule has 0 aliphatic rings. The molecule has 0 amide bonds. The van der Waals surface area contributed by atoms with Gasteiger partial charge in [-0.05, 0) is 12.0 Å². The van der Waals surface area contributed by atoms with Gasteiger partial charge in [0.15, 0.2) is 0 Å². The van der Waals surface area contributed by atoms with Crippen molar-refractivity contribution in [1.82, 2.24) is 5.43 Å². The van der Waals surface area contributed by atoms with E-state index in [-0.39, 0.29) is 6.04 Å². The molecule has 5 N–H and O–H groups in total. The molecule has 0 aromatic heterocycles. The SMILES string of the molecule is CN=C(NN)C(N)Cc1ccccc1. The number of benzene rings is 1. The molecule has 0 fully saturated rings. The molecule has 1 unspecified atom stereocenters. The first-order valence-electron chi connectivity index (χ1n) is 4.50. The minimum absolute atomic E-state index is 0.174. The highest BCUT2D eigenvalue weighted by molar-refractivity contribution is 5.86.